The Labute approximate surface area is 219 Å². The highest BCUT2D eigenvalue weighted by molar-refractivity contribution is 5.90. The molecule has 1 unspecified atom stereocenters. The molecule has 8 heteroatoms. The molecule has 0 spiro atoms. The van der Waals surface area contributed by atoms with Crippen LogP contribution in [0.15, 0.2) is 67.1 Å². The van der Waals surface area contributed by atoms with Gasteiger partial charge in [-0.2, -0.15) is 0 Å². The minimum absolute atomic E-state index is 0.0870. The quantitative estimate of drug-likeness (QED) is 0.301. The Balaban J connectivity index is 1.70. The van der Waals surface area contributed by atoms with Crippen molar-refractivity contribution in [2.24, 2.45) is 0 Å². The van der Waals surface area contributed by atoms with Crippen LogP contribution >= 0.6 is 0 Å². The van der Waals surface area contributed by atoms with E-state index < -0.39 is 17.6 Å². The number of hydrogen-bond donors (Lipinski definition) is 4. The van der Waals surface area contributed by atoms with E-state index in [1.807, 2.05) is 89.2 Å². The maximum atomic E-state index is 13.3. The van der Waals surface area contributed by atoms with Gasteiger partial charge in [-0.3, -0.25) is 9.59 Å². The number of hydrogen-bond acceptors (Lipinski definition) is 5. The number of imidazole rings is 1. The first kappa shape index (κ1) is 27.9. The zero-order valence-electron chi connectivity index (χ0n) is 22.4. The van der Waals surface area contributed by atoms with Crippen LogP contribution in [0.1, 0.15) is 51.4 Å². The summed E-state index contributed by atoms with van der Waals surface area (Å²) in [4.78, 5) is 33.6. The van der Waals surface area contributed by atoms with Crippen LogP contribution in [0, 0.1) is 0 Å². The summed E-state index contributed by atoms with van der Waals surface area (Å²) >= 11 is 0. The third-order valence-electron chi connectivity index (χ3n) is 5.57. The molecule has 1 aromatic heterocycles. The molecule has 8 nitrogen and oxygen atoms in total. The number of carbonyl (C=O) groups is 2. The molecule has 2 atom stereocenters. The van der Waals surface area contributed by atoms with Gasteiger partial charge in [0.1, 0.15) is 18.4 Å². The van der Waals surface area contributed by atoms with Gasteiger partial charge in [0.05, 0.1) is 12.4 Å². The third-order valence-corrected chi connectivity index (χ3v) is 5.57. The fourth-order valence-corrected chi connectivity index (χ4v) is 3.88. The standard InChI is InChI=1S/C29H39N5O3/c1-20(2)32-26(16-23-17-30-19-31-23)27(35)33-25(28(36)34-29(3,4)5)15-21-11-13-24(14-12-21)37-18-22-9-7-6-8-10-22/h6-14,17,19-20,25-26,32H,15-16,18H2,1-5H3,(H,30,31)(H,33,35)(H,34,36)/t25?,26-/m0/s1. The summed E-state index contributed by atoms with van der Waals surface area (Å²) in [7, 11) is 0. The fourth-order valence-electron chi connectivity index (χ4n) is 3.88. The number of H-pyrrole nitrogens is 1. The van der Waals surface area contributed by atoms with E-state index in [1.165, 1.54) is 0 Å². The van der Waals surface area contributed by atoms with E-state index in [9.17, 15) is 9.59 Å². The highest BCUT2D eigenvalue weighted by Crippen LogP contribution is 2.16. The van der Waals surface area contributed by atoms with Gasteiger partial charge in [-0.05, 0) is 44.0 Å². The molecule has 37 heavy (non-hydrogen) atoms. The van der Waals surface area contributed by atoms with Gasteiger partial charge in [0.2, 0.25) is 11.8 Å². The predicted molar refractivity (Wildman–Crippen MR) is 145 cm³/mol. The number of ether oxygens (including phenoxy) is 1. The Kier molecular flexibility index (Phi) is 9.85. The van der Waals surface area contributed by atoms with Gasteiger partial charge < -0.3 is 25.7 Å². The second-order valence-corrected chi connectivity index (χ2v) is 10.6. The van der Waals surface area contributed by atoms with E-state index in [1.54, 1.807) is 12.5 Å². The predicted octanol–water partition coefficient (Wildman–Crippen LogP) is 3.54. The smallest absolute Gasteiger partial charge is 0.243 e. The molecule has 3 rings (SSSR count). The Morgan fingerprint density at radius 2 is 1.62 bits per heavy atom. The van der Waals surface area contributed by atoms with E-state index in [0.29, 0.717) is 19.4 Å². The van der Waals surface area contributed by atoms with Crippen LogP contribution in [0.3, 0.4) is 0 Å². The van der Waals surface area contributed by atoms with E-state index in [4.69, 9.17) is 4.74 Å². The third kappa shape index (κ3) is 9.73. The molecule has 0 radical (unpaired) electrons. The Bertz CT molecular complexity index is 1110. The van der Waals surface area contributed by atoms with Crippen LogP contribution < -0.4 is 20.7 Å². The van der Waals surface area contributed by atoms with Crippen molar-refractivity contribution in [3.8, 4) is 5.75 Å². The summed E-state index contributed by atoms with van der Waals surface area (Å²) in [6.45, 7) is 10.2. The molecule has 2 amide bonds. The number of amides is 2. The Hall–Kier alpha value is -3.65. The Morgan fingerprint density at radius 1 is 0.919 bits per heavy atom. The average molecular weight is 506 g/mol. The van der Waals surface area contributed by atoms with Crippen LogP contribution in [0.4, 0.5) is 0 Å². The lowest BCUT2D eigenvalue weighted by atomic mass is 10.0. The first-order valence-electron chi connectivity index (χ1n) is 12.7. The van der Waals surface area contributed by atoms with Crippen LogP contribution in [-0.2, 0) is 29.0 Å². The SMILES string of the molecule is CC(C)N[C@@H](Cc1cnc[nH]1)C(=O)NC(Cc1ccc(OCc2ccccc2)cc1)C(=O)NC(C)(C)C. The molecular formula is C29H39N5O3. The van der Waals surface area contributed by atoms with Crippen molar-refractivity contribution in [1.82, 2.24) is 25.9 Å². The van der Waals surface area contributed by atoms with Crippen molar-refractivity contribution >= 4 is 11.8 Å². The molecule has 198 valence electrons. The molecule has 1 heterocycles. The van der Waals surface area contributed by atoms with Gasteiger partial charge >= 0.3 is 0 Å². The van der Waals surface area contributed by atoms with Crippen molar-refractivity contribution < 1.29 is 14.3 Å². The summed E-state index contributed by atoms with van der Waals surface area (Å²) < 4.78 is 5.88. The number of benzene rings is 2. The average Bonchev–Trinajstić information content (AvgIpc) is 3.35. The number of carbonyl (C=O) groups excluding carboxylic acids is 2. The van der Waals surface area contributed by atoms with Crippen LogP contribution in [-0.4, -0.2) is 45.4 Å². The molecule has 0 fully saturated rings. The number of nitrogens with zero attached hydrogens (tertiary/aromatic N) is 1. The normalized spacial score (nSPS) is 13.1. The lowest BCUT2D eigenvalue weighted by Gasteiger charge is -2.28. The van der Waals surface area contributed by atoms with Gasteiger partial charge in [-0.1, -0.05) is 56.3 Å². The molecule has 3 aromatic rings. The minimum atomic E-state index is -0.735. The second-order valence-electron chi connectivity index (χ2n) is 10.6. The second kappa shape index (κ2) is 13.1. The van der Waals surface area contributed by atoms with Crippen LogP contribution in [0.2, 0.25) is 0 Å². The summed E-state index contributed by atoms with van der Waals surface area (Å²) in [5.74, 6) is 0.281. The van der Waals surface area contributed by atoms with Gasteiger partial charge in [-0.15, -0.1) is 0 Å². The minimum Gasteiger partial charge on any atom is -0.489 e. The topological polar surface area (TPSA) is 108 Å². The monoisotopic (exact) mass is 505 g/mol. The number of rotatable bonds is 12. The summed E-state index contributed by atoms with van der Waals surface area (Å²) in [6.07, 6.45) is 4.08. The maximum Gasteiger partial charge on any atom is 0.243 e. The number of aromatic nitrogens is 2. The molecule has 0 aliphatic carbocycles. The summed E-state index contributed by atoms with van der Waals surface area (Å²) in [5.41, 5.74) is 2.42. The van der Waals surface area contributed by atoms with E-state index in [0.717, 1.165) is 22.6 Å². The fraction of sp³-hybridized carbons (Fsp3) is 0.414. The number of aromatic amines is 1. The molecule has 2 aromatic carbocycles. The van der Waals surface area contributed by atoms with Crippen molar-refractivity contribution in [3.05, 3.63) is 83.9 Å². The molecule has 0 aliphatic heterocycles. The maximum absolute atomic E-state index is 13.3. The first-order valence-corrected chi connectivity index (χ1v) is 12.7. The van der Waals surface area contributed by atoms with Gasteiger partial charge in [0.25, 0.3) is 0 Å². The van der Waals surface area contributed by atoms with Crippen molar-refractivity contribution in [3.63, 3.8) is 0 Å². The Morgan fingerprint density at radius 3 is 2.22 bits per heavy atom. The molecule has 0 bridgehead atoms. The van der Waals surface area contributed by atoms with E-state index in [2.05, 4.69) is 25.9 Å². The highest BCUT2D eigenvalue weighted by atomic mass is 16.5. The molecule has 0 saturated heterocycles. The lowest BCUT2D eigenvalue weighted by Crippen LogP contribution is -2.57. The highest BCUT2D eigenvalue weighted by Gasteiger charge is 2.28. The van der Waals surface area contributed by atoms with Gasteiger partial charge in [0.15, 0.2) is 0 Å². The number of nitrogens with one attached hydrogen (secondary N) is 4. The van der Waals surface area contributed by atoms with Crippen molar-refractivity contribution in [1.29, 1.82) is 0 Å². The van der Waals surface area contributed by atoms with Gasteiger partial charge in [0, 0.05) is 36.3 Å². The zero-order valence-corrected chi connectivity index (χ0v) is 22.4. The van der Waals surface area contributed by atoms with Crippen molar-refractivity contribution in [2.75, 3.05) is 0 Å². The van der Waals surface area contributed by atoms with Crippen LogP contribution in [0.5, 0.6) is 5.75 Å². The van der Waals surface area contributed by atoms with Crippen LogP contribution in [0.25, 0.3) is 0 Å². The molecule has 0 aliphatic rings. The molecule has 0 saturated carbocycles. The summed E-state index contributed by atoms with van der Waals surface area (Å²) in [5, 5.41) is 9.29. The molecule has 4 N–H and O–H groups in total. The zero-order chi connectivity index (χ0) is 26.8. The molecular weight excluding hydrogens is 466 g/mol. The summed E-state index contributed by atoms with van der Waals surface area (Å²) in [6, 6.07) is 16.4. The first-order chi connectivity index (χ1) is 17.6. The van der Waals surface area contributed by atoms with Gasteiger partial charge in [-0.25, -0.2) is 4.98 Å². The van der Waals surface area contributed by atoms with E-state index in [-0.39, 0.29) is 17.9 Å². The lowest BCUT2D eigenvalue weighted by molar-refractivity contribution is -0.130. The van der Waals surface area contributed by atoms with Crippen molar-refractivity contribution in [2.45, 2.75) is 77.7 Å². The largest absolute Gasteiger partial charge is 0.489 e. The van der Waals surface area contributed by atoms with E-state index >= 15 is 0 Å².